The molecule has 1 aliphatic heterocycles. The van der Waals surface area contributed by atoms with Gasteiger partial charge in [0.1, 0.15) is 0 Å². The Kier molecular flexibility index (Phi) is 4.16. The number of nitrogens with one attached hydrogen (secondary N) is 2. The summed E-state index contributed by atoms with van der Waals surface area (Å²) >= 11 is 0. The first kappa shape index (κ1) is 16.3. The lowest BCUT2D eigenvalue weighted by atomic mass is 10.2. The number of carbonyl (C=O) groups excluding carboxylic acids is 1. The molecular formula is C16H16N2O5S. The third-order valence-electron chi connectivity index (χ3n) is 3.57. The molecule has 7 nitrogen and oxygen atoms in total. The Balaban J connectivity index is 1.75. The predicted octanol–water partition coefficient (Wildman–Crippen LogP) is 1.66. The first-order valence-electron chi connectivity index (χ1n) is 7.16. The summed E-state index contributed by atoms with van der Waals surface area (Å²) in [5, 5.41) is 0. The number of sulfonamides is 1. The van der Waals surface area contributed by atoms with Crippen molar-refractivity contribution in [3.8, 4) is 11.5 Å². The second-order valence-electron chi connectivity index (χ2n) is 5.40. The molecule has 1 heterocycles. The molecule has 2 aromatic carbocycles. The predicted molar refractivity (Wildman–Crippen MR) is 86.3 cm³/mol. The maximum Gasteiger partial charge on any atom is 0.266 e. The van der Waals surface area contributed by atoms with E-state index in [1.165, 1.54) is 12.1 Å². The number of fused-ring (bicyclic) bond motifs is 1. The molecule has 2 N–H and O–H groups in total. The lowest BCUT2D eigenvalue weighted by Gasteiger charge is -2.11. The molecule has 1 aliphatic rings. The molecule has 0 radical (unpaired) electrons. The Morgan fingerprint density at radius 1 is 1.04 bits per heavy atom. The number of benzene rings is 2. The highest BCUT2D eigenvalue weighted by Gasteiger charge is 2.20. The van der Waals surface area contributed by atoms with Crippen molar-refractivity contribution in [3.05, 3.63) is 53.1 Å². The summed E-state index contributed by atoms with van der Waals surface area (Å²) in [6, 6.07) is 9.68. The summed E-state index contributed by atoms with van der Waals surface area (Å²) in [5.74, 6) is 0.393. The Hall–Kier alpha value is -2.58. The van der Waals surface area contributed by atoms with Gasteiger partial charge in [-0.1, -0.05) is 12.1 Å². The number of ether oxygens (including phenoxy) is 2. The second-order valence-corrected chi connectivity index (χ2v) is 7.05. The molecule has 0 fully saturated rings. The lowest BCUT2D eigenvalue weighted by Crippen LogP contribution is -2.41. The molecule has 2 aromatic rings. The van der Waals surface area contributed by atoms with Crippen LogP contribution in [0, 0.1) is 13.8 Å². The number of hydrazine groups is 1. The van der Waals surface area contributed by atoms with Crippen LogP contribution in [-0.2, 0) is 10.0 Å². The third kappa shape index (κ3) is 3.19. The van der Waals surface area contributed by atoms with Gasteiger partial charge >= 0.3 is 0 Å². The van der Waals surface area contributed by atoms with E-state index < -0.39 is 15.9 Å². The van der Waals surface area contributed by atoms with Gasteiger partial charge in [0, 0.05) is 5.56 Å². The monoisotopic (exact) mass is 348 g/mol. The van der Waals surface area contributed by atoms with Crippen molar-refractivity contribution < 1.29 is 22.7 Å². The summed E-state index contributed by atoms with van der Waals surface area (Å²) in [7, 11) is -3.87. The highest BCUT2D eigenvalue weighted by atomic mass is 32.2. The zero-order valence-corrected chi connectivity index (χ0v) is 13.9. The van der Waals surface area contributed by atoms with Gasteiger partial charge in [0.2, 0.25) is 6.79 Å². The van der Waals surface area contributed by atoms with E-state index in [9.17, 15) is 13.2 Å². The highest BCUT2D eigenvalue weighted by Crippen LogP contribution is 2.32. The average molecular weight is 348 g/mol. The molecule has 24 heavy (non-hydrogen) atoms. The van der Waals surface area contributed by atoms with E-state index in [0.29, 0.717) is 17.1 Å². The van der Waals surface area contributed by atoms with E-state index in [-0.39, 0.29) is 17.3 Å². The summed E-state index contributed by atoms with van der Waals surface area (Å²) < 4.78 is 35.1. The van der Waals surface area contributed by atoms with Crippen LogP contribution in [0.1, 0.15) is 21.5 Å². The smallest absolute Gasteiger partial charge is 0.266 e. The standard InChI is InChI=1S/C16H16N2O5S/c1-10-3-4-11(2)15(7-10)24(20,21)18-17-16(19)12-5-6-13-14(8-12)23-9-22-13/h3-8,18H,9H2,1-2H3,(H,17,19). The third-order valence-corrected chi connectivity index (χ3v) is 4.96. The van der Waals surface area contributed by atoms with Gasteiger partial charge < -0.3 is 9.47 Å². The Labute approximate surface area is 139 Å². The fraction of sp³-hybridized carbons (Fsp3) is 0.188. The van der Waals surface area contributed by atoms with Crippen LogP contribution in [0.25, 0.3) is 0 Å². The molecule has 8 heteroatoms. The van der Waals surface area contributed by atoms with E-state index >= 15 is 0 Å². The quantitative estimate of drug-likeness (QED) is 0.820. The van der Waals surface area contributed by atoms with Gasteiger partial charge in [-0.3, -0.25) is 10.2 Å². The largest absolute Gasteiger partial charge is 0.454 e. The fourth-order valence-corrected chi connectivity index (χ4v) is 3.45. The molecule has 1 amide bonds. The van der Waals surface area contributed by atoms with Gasteiger partial charge in [0.15, 0.2) is 11.5 Å². The van der Waals surface area contributed by atoms with Crippen molar-refractivity contribution in [3.63, 3.8) is 0 Å². The zero-order chi connectivity index (χ0) is 17.3. The van der Waals surface area contributed by atoms with Crippen LogP contribution in [0.5, 0.6) is 11.5 Å². The van der Waals surface area contributed by atoms with Gasteiger partial charge in [-0.05, 0) is 49.2 Å². The van der Waals surface area contributed by atoms with Gasteiger partial charge in [-0.2, -0.15) is 0 Å². The number of rotatable bonds is 4. The van der Waals surface area contributed by atoms with Crippen molar-refractivity contribution in [2.45, 2.75) is 18.7 Å². The Bertz CT molecular complexity index is 909. The minimum atomic E-state index is -3.87. The molecule has 0 bridgehead atoms. The SMILES string of the molecule is Cc1ccc(C)c(S(=O)(=O)NNC(=O)c2ccc3c(c2)OCO3)c1. The maximum atomic E-state index is 12.4. The van der Waals surface area contributed by atoms with Crippen molar-refractivity contribution in [2.75, 3.05) is 6.79 Å². The first-order chi connectivity index (χ1) is 11.4. The van der Waals surface area contributed by atoms with Crippen molar-refractivity contribution in [1.82, 2.24) is 10.3 Å². The molecule has 3 rings (SSSR count). The topological polar surface area (TPSA) is 93.7 Å². The van der Waals surface area contributed by atoms with E-state index in [4.69, 9.17) is 9.47 Å². The van der Waals surface area contributed by atoms with Crippen LogP contribution < -0.4 is 19.7 Å². The van der Waals surface area contributed by atoms with Crippen LogP contribution >= 0.6 is 0 Å². The molecule has 0 unspecified atom stereocenters. The Morgan fingerprint density at radius 2 is 1.79 bits per heavy atom. The van der Waals surface area contributed by atoms with Crippen LogP contribution in [-0.4, -0.2) is 21.1 Å². The molecule has 0 aliphatic carbocycles. The normalized spacial score (nSPS) is 12.9. The Morgan fingerprint density at radius 3 is 2.58 bits per heavy atom. The van der Waals surface area contributed by atoms with Crippen LogP contribution in [0.15, 0.2) is 41.3 Å². The number of hydrogen-bond donors (Lipinski definition) is 2. The molecule has 126 valence electrons. The minimum absolute atomic E-state index is 0.0969. The van der Waals surface area contributed by atoms with Gasteiger partial charge in [-0.25, -0.2) is 8.42 Å². The van der Waals surface area contributed by atoms with Gasteiger partial charge in [0.25, 0.3) is 15.9 Å². The molecule has 0 aromatic heterocycles. The molecule has 0 saturated heterocycles. The number of hydrogen-bond acceptors (Lipinski definition) is 5. The summed E-state index contributed by atoms with van der Waals surface area (Å²) in [5.41, 5.74) is 3.85. The average Bonchev–Trinajstić information content (AvgIpc) is 3.02. The van der Waals surface area contributed by atoms with Crippen LogP contribution in [0.4, 0.5) is 0 Å². The minimum Gasteiger partial charge on any atom is -0.454 e. The molecule has 0 atom stereocenters. The number of amides is 1. The summed E-state index contributed by atoms with van der Waals surface area (Å²) in [6.07, 6.45) is 0. The second kappa shape index (κ2) is 6.14. The highest BCUT2D eigenvalue weighted by molar-refractivity contribution is 7.89. The van der Waals surface area contributed by atoms with Crippen molar-refractivity contribution >= 4 is 15.9 Å². The van der Waals surface area contributed by atoms with Gasteiger partial charge in [-0.15, -0.1) is 4.83 Å². The zero-order valence-electron chi connectivity index (χ0n) is 13.1. The van der Waals surface area contributed by atoms with Crippen molar-refractivity contribution in [1.29, 1.82) is 0 Å². The van der Waals surface area contributed by atoms with E-state index in [1.54, 1.807) is 32.0 Å². The molecular weight excluding hydrogens is 332 g/mol. The van der Waals surface area contributed by atoms with E-state index in [2.05, 4.69) is 10.3 Å². The maximum absolute atomic E-state index is 12.4. The number of aryl methyl sites for hydroxylation is 2. The van der Waals surface area contributed by atoms with Gasteiger partial charge in [0.05, 0.1) is 4.90 Å². The lowest BCUT2D eigenvalue weighted by molar-refractivity contribution is 0.0944. The van der Waals surface area contributed by atoms with E-state index in [1.807, 2.05) is 6.07 Å². The van der Waals surface area contributed by atoms with Crippen molar-refractivity contribution in [2.24, 2.45) is 0 Å². The summed E-state index contributed by atoms with van der Waals surface area (Å²) in [4.78, 5) is 14.4. The summed E-state index contributed by atoms with van der Waals surface area (Å²) in [6.45, 7) is 3.58. The molecule has 0 saturated carbocycles. The number of carbonyl (C=O) groups is 1. The first-order valence-corrected chi connectivity index (χ1v) is 8.64. The fourth-order valence-electron chi connectivity index (χ4n) is 2.28. The van der Waals surface area contributed by atoms with Crippen LogP contribution in [0.3, 0.4) is 0 Å². The van der Waals surface area contributed by atoms with Crippen LogP contribution in [0.2, 0.25) is 0 Å². The molecule has 0 spiro atoms. The van der Waals surface area contributed by atoms with E-state index in [0.717, 1.165) is 5.56 Å².